The maximum absolute atomic E-state index is 11.3. The molecular weight excluding hydrogens is 162 g/mol. The zero-order chi connectivity index (χ0) is 9.14. The van der Waals surface area contributed by atoms with Crippen molar-refractivity contribution in [3.8, 4) is 0 Å². The Morgan fingerprint density at radius 1 is 1.75 bits per heavy atom. The summed E-state index contributed by atoms with van der Waals surface area (Å²) in [5.74, 6) is -0.725. The highest BCUT2D eigenvalue weighted by Crippen LogP contribution is 2.20. The van der Waals surface area contributed by atoms with Crippen LogP contribution in [-0.2, 0) is 14.4 Å². The van der Waals surface area contributed by atoms with E-state index in [9.17, 15) is 9.90 Å². The van der Waals surface area contributed by atoms with Gasteiger partial charge in [-0.2, -0.15) is 0 Å². The largest absolute Gasteiger partial charge is 0.367 e. The summed E-state index contributed by atoms with van der Waals surface area (Å²) < 4.78 is 4.83. The number of carbonyl (C=O) groups is 1. The minimum atomic E-state index is -0.977. The van der Waals surface area contributed by atoms with E-state index in [1.54, 1.807) is 0 Å². The van der Waals surface area contributed by atoms with E-state index in [0.29, 0.717) is 13.0 Å². The van der Waals surface area contributed by atoms with Gasteiger partial charge in [-0.3, -0.25) is 9.63 Å². The van der Waals surface area contributed by atoms with Crippen molar-refractivity contribution in [1.82, 2.24) is 5.06 Å². The first kappa shape index (κ1) is 9.44. The number of hydrogen-bond acceptors (Lipinski definition) is 4. The Morgan fingerprint density at radius 2 is 2.42 bits per heavy atom. The molecule has 1 N–H and O–H groups in total. The van der Waals surface area contributed by atoms with Crippen LogP contribution < -0.4 is 0 Å². The van der Waals surface area contributed by atoms with E-state index in [-0.39, 0.29) is 5.91 Å². The molecule has 0 bridgehead atoms. The Morgan fingerprint density at radius 3 is 2.83 bits per heavy atom. The number of amides is 1. The molecule has 1 rings (SSSR count). The van der Waals surface area contributed by atoms with Gasteiger partial charge in [0.1, 0.15) is 0 Å². The Bertz CT molecular complexity index is 173. The van der Waals surface area contributed by atoms with Gasteiger partial charge in [0.2, 0.25) is 0 Å². The number of aliphatic hydroxyl groups excluding tert-OH is 1. The predicted octanol–water partition coefficient (Wildman–Crippen LogP) is -0.639. The fourth-order valence-electron chi connectivity index (χ4n) is 1.14. The van der Waals surface area contributed by atoms with Crippen molar-refractivity contribution in [3.05, 3.63) is 0 Å². The second kappa shape index (κ2) is 3.84. The average Bonchev–Trinajstić information content (AvgIpc) is 2.48. The van der Waals surface area contributed by atoms with Gasteiger partial charge in [0, 0.05) is 7.05 Å². The van der Waals surface area contributed by atoms with Gasteiger partial charge in [-0.1, -0.05) is 0 Å². The second-order valence-electron chi connectivity index (χ2n) is 2.67. The third-order valence-electron chi connectivity index (χ3n) is 1.96. The molecule has 0 radical (unpaired) electrons. The lowest BCUT2D eigenvalue weighted by molar-refractivity contribution is -0.182. The number of carbonyl (C=O) groups excluding carboxylic acids is 1. The lowest BCUT2D eigenvalue weighted by Gasteiger charge is -2.19. The molecule has 12 heavy (non-hydrogen) atoms. The van der Waals surface area contributed by atoms with E-state index in [2.05, 4.69) is 4.84 Å². The summed E-state index contributed by atoms with van der Waals surface area (Å²) in [6, 6.07) is 0. The van der Waals surface area contributed by atoms with Gasteiger partial charge in [0.25, 0.3) is 5.91 Å². The molecule has 1 heterocycles. The molecule has 1 saturated heterocycles. The summed E-state index contributed by atoms with van der Waals surface area (Å²) in [5, 5.41) is 10.3. The standard InChI is InChI=1S/C7H13NO4/c1-8(11-2)6(9)5-3-4-12-7(5)10/h5,7,10H,3-4H2,1-2H3. The maximum Gasteiger partial charge on any atom is 0.254 e. The first-order valence-electron chi connectivity index (χ1n) is 3.78. The summed E-state index contributed by atoms with van der Waals surface area (Å²) in [6.07, 6.45) is -0.427. The minimum Gasteiger partial charge on any atom is -0.367 e. The molecule has 5 heteroatoms. The van der Waals surface area contributed by atoms with Crippen LogP contribution in [0.4, 0.5) is 0 Å². The Labute approximate surface area is 70.8 Å². The smallest absolute Gasteiger partial charge is 0.254 e. The van der Waals surface area contributed by atoms with Crippen molar-refractivity contribution >= 4 is 5.91 Å². The van der Waals surface area contributed by atoms with Crippen molar-refractivity contribution in [2.24, 2.45) is 5.92 Å². The predicted molar refractivity (Wildman–Crippen MR) is 39.8 cm³/mol. The molecule has 0 saturated carbocycles. The van der Waals surface area contributed by atoms with Gasteiger partial charge in [-0.25, -0.2) is 5.06 Å². The van der Waals surface area contributed by atoms with Crippen molar-refractivity contribution in [2.45, 2.75) is 12.7 Å². The van der Waals surface area contributed by atoms with E-state index in [0.717, 1.165) is 5.06 Å². The average molecular weight is 175 g/mol. The molecule has 0 aliphatic carbocycles. The fraction of sp³-hybridized carbons (Fsp3) is 0.857. The number of rotatable bonds is 2. The van der Waals surface area contributed by atoms with Crippen LogP contribution in [0.5, 0.6) is 0 Å². The molecule has 2 unspecified atom stereocenters. The van der Waals surface area contributed by atoms with Gasteiger partial charge in [0.05, 0.1) is 19.6 Å². The highest BCUT2D eigenvalue weighted by atomic mass is 16.7. The van der Waals surface area contributed by atoms with Crippen LogP contribution in [0.2, 0.25) is 0 Å². The number of aliphatic hydroxyl groups is 1. The zero-order valence-corrected chi connectivity index (χ0v) is 7.19. The normalized spacial score (nSPS) is 28.9. The quantitative estimate of drug-likeness (QED) is 0.567. The fourth-order valence-corrected chi connectivity index (χ4v) is 1.14. The van der Waals surface area contributed by atoms with E-state index >= 15 is 0 Å². The van der Waals surface area contributed by atoms with Gasteiger partial charge in [-0.15, -0.1) is 0 Å². The van der Waals surface area contributed by atoms with E-state index in [1.807, 2.05) is 0 Å². The van der Waals surface area contributed by atoms with Crippen molar-refractivity contribution < 1.29 is 19.5 Å². The van der Waals surface area contributed by atoms with Crippen molar-refractivity contribution in [2.75, 3.05) is 20.8 Å². The first-order chi connectivity index (χ1) is 5.66. The van der Waals surface area contributed by atoms with Gasteiger partial charge >= 0.3 is 0 Å². The number of hydroxylamine groups is 2. The molecule has 70 valence electrons. The van der Waals surface area contributed by atoms with E-state index in [4.69, 9.17) is 4.74 Å². The van der Waals surface area contributed by atoms with Crippen molar-refractivity contribution in [3.63, 3.8) is 0 Å². The van der Waals surface area contributed by atoms with Crippen LogP contribution in [0, 0.1) is 5.92 Å². The van der Waals surface area contributed by atoms with Crippen LogP contribution >= 0.6 is 0 Å². The molecule has 0 spiro atoms. The van der Waals surface area contributed by atoms with Crippen LogP contribution in [0.1, 0.15) is 6.42 Å². The summed E-state index contributed by atoms with van der Waals surface area (Å²) in [5.41, 5.74) is 0. The second-order valence-corrected chi connectivity index (χ2v) is 2.67. The van der Waals surface area contributed by atoms with Gasteiger partial charge < -0.3 is 9.84 Å². The molecular formula is C7H13NO4. The van der Waals surface area contributed by atoms with Crippen LogP contribution in [0.15, 0.2) is 0 Å². The highest BCUT2D eigenvalue weighted by molar-refractivity contribution is 5.78. The monoisotopic (exact) mass is 175 g/mol. The molecule has 2 atom stereocenters. The third-order valence-corrected chi connectivity index (χ3v) is 1.96. The Kier molecular flexibility index (Phi) is 3.02. The van der Waals surface area contributed by atoms with Crippen molar-refractivity contribution in [1.29, 1.82) is 0 Å². The highest BCUT2D eigenvalue weighted by Gasteiger charge is 2.34. The van der Waals surface area contributed by atoms with Crippen LogP contribution in [0.25, 0.3) is 0 Å². The number of nitrogens with zero attached hydrogens (tertiary/aromatic N) is 1. The van der Waals surface area contributed by atoms with Crippen LogP contribution in [0.3, 0.4) is 0 Å². The lowest BCUT2D eigenvalue weighted by atomic mass is 10.1. The SMILES string of the molecule is CON(C)C(=O)C1CCOC1O. The molecule has 0 aromatic carbocycles. The third kappa shape index (κ3) is 1.74. The minimum absolute atomic E-state index is 0.248. The molecule has 1 aliphatic rings. The summed E-state index contributed by atoms with van der Waals surface area (Å²) in [7, 11) is 2.91. The summed E-state index contributed by atoms with van der Waals surface area (Å²) >= 11 is 0. The Balaban J connectivity index is 2.51. The lowest BCUT2D eigenvalue weighted by Crippen LogP contribution is -2.36. The van der Waals surface area contributed by atoms with Crippen LogP contribution in [-0.4, -0.2) is 43.1 Å². The molecule has 5 nitrogen and oxygen atoms in total. The topological polar surface area (TPSA) is 59.0 Å². The van der Waals surface area contributed by atoms with E-state index < -0.39 is 12.2 Å². The first-order valence-corrected chi connectivity index (χ1v) is 3.78. The molecule has 1 fully saturated rings. The van der Waals surface area contributed by atoms with E-state index in [1.165, 1.54) is 14.2 Å². The molecule has 1 aliphatic heterocycles. The van der Waals surface area contributed by atoms with Gasteiger partial charge in [-0.05, 0) is 6.42 Å². The number of ether oxygens (including phenoxy) is 1. The summed E-state index contributed by atoms with van der Waals surface area (Å²) in [6.45, 7) is 0.426. The molecule has 0 aromatic rings. The molecule has 0 aromatic heterocycles. The summed E-state index contributed by atoms with van der Waals surface area (Å²) in [4.78, 5) is 16.0. The maximum atomic E-state index is 11.3. The number of hydrogen-bond donors (Lipinski definition) is 1. The zero-order valence-electron chi connectivity index (χ0n) is 7.19. The molecule has 1 amide bonds. The van der Waals surface area contributed by atoms with Gasteiger partial charge in [0.15, 0.2) is 6.29 Å². The Hall–Kier alpha value is -0.650.